The average Bonchev–Trinajstić information content (AvgIpc) is 2.72. The highest BCUT2D eigenvalue weighted by molar-refractivity contribution is 7.86. The maximum Gasteiger partial charge on any atom is 0.264 e. The van der Waals surface area contributed by atoms with E-state index < -0.39 is 28.4 Å². The molecule has 0 saturated carbocycles. The number of azide groups is 1. The van der Waals surface area contributed by atoms with E-state index >= 15 is 0 Å². The maximum absolute atomic E-state index is 11.7. The number of benzene rings is 2. The van der Waals surface area contributed by atoms with Crippen LogP contribution in [0.5, 0.6) is 0 Å². The van der Waals surface area contributed by atoms with E-state index in [-0.39, 0.29) is 13.2 Å². The second kappa shape index (κ2) is 12.3. The minimum absolute atomic E-state index is 0.187. The fraction of sp³-hybridized carbons (Fsp3) is 0.429. The molecular formula is C21H27N3O5S. The lowest BCUT2D eigenvalue weighted by Crippen LogP contribution is -2.42. The number of rotatable bonds is 13. The van der Waals surface area contributed by atoms with Gasteiger partial charge in [-0.2, -0.15) is 8.42 Å². The third kappa shape index (κ3) is 8.94. The standard InChI is InChI=1S/C21H27N3O5S/c1-17(29-30(2,25)26)21(28-16-19-11-7-4-8-12-19)20(13-14-23-24-22)27-15-18-9-5-3-6-10-18/h3-12,17,20-21H,13-16H2,1-2H3/t17-,20+,21+/m0/s1. The minimum Gasteiger partial charge on any atom is -0.371 e. The van der Waals surface area contributed by atoms with Crippen molar-refractivity contribution >= 4 is 10.1 Å². The molecule has 0 heterocycles. The van der Waals surface area contributed by atoms with E-state index in [4.69, 9.17) is 19.2 Å². The van der Waals surface area contributed by atoms with Crippen LogP contribution in [0.3, 0.4) is 0 Å². The van der Waals surface area contributed by atoms with E-state index in [1.165, 1.54) is 0 Å². The molecular weight excluding hydrogens is 406 g/mol. The fourth-order valence-corrected chi connectivity index (χ4v) is 3.65. The van der Waals surface area contributed by atoms with Gasteiger partial charge >= 0.3 is 0 Å². The molecule has 0 spiro atoms. The first kappa shape index (κ1) is 23.9. The largest absolute Gasteiger partial charge is 0.371 e. The number of nitrogens with zero attached hydrogens (tertiary/aromatic N) is 3. The molecule has 162 valence electrons. The highest BCUT2D eigenvalue weighted by Crippen LogP contribution is 2.20. The highest BCUT2D eigenvalue weighted by Gasteiger charge is 2.31. The van der Waals surface area contributed by atoms with Gasteiger partial charge in [0.2, 0.25) is 0 Å². The van der Waals surface area contributed by atoms with E-state index in [9.17, 15) is 8.42 Å². The van der Waals surface area contributed by atoms with Gasteiger partial charge in [0.15, 0.2) is 0 Å². The van der Waals surface area contributed by atoms with E-state index in [1.54, 1.807) is 6.92 Å². The Kier molecular flexibility index (Phi) is 9.79. The summed E-state index contributed by atoms with van der Waals surface area (Å²) in [6.07, 6.45) is -0.685. The van der Waals surface area contributed by atoms with E-state index in [0.29, 0.717) is 13.0 Å². The monoisotopic (exact) mass is 433 g/mol. The Labute approximate surface area is 177 Å². The van der Waals surface area contributed by atoms with Gasteiger partial charge in [-0.05, 0) is 30.0 Å². The van der Waals surface area contributed by atoms with E-state index in [2.05, 4.69) is 10.0 Å². The van der Waals surface area contributed by atoms with Crippen LogP contribution in [-0.2, 0) is 37.0 Å². The Hall–Kier alpha value is -2.42. The summed E-state index contributed by atoms with van der Waals surface area (Å²) < 4.78 is 40.7. The van der Waals surface area contributed by atoms with Gasteiger partial charge in [0.05, 0.1) is 25.6 Å². The van der Waals surface area contributed by atoms with Crippen molar-refractivity contribution < 1.29 is 22.1 Å². The van der Waals surface area contributed by atoms with Crippen LogP contribution in [-0.4, -0.2) is 39.5 Å². The van der Waals surface area contributed by atoms with Crippen LogP contribution in [0, 0.1) is 0 Å². The van der Waals surface area contributed by atoms with Gasteiger partial charge in [-0.3, -0.25) is 4.18 Å². The molecule has 0 bridgehead atoms. The van der Waals surface area contributed by atoms with Gasteiger partial charge in [-0.15, -0.1) is 0 Å². The van der Waals surface area contributed by atoms with Gasteiger partial charge in [0, 0.05) is 11.5 Å². The molecule has 0 fully saturated rings. The smallest absolute Gasteiger partial charge is 0.264 e. The maximum atomic E-state index is 11.7. The van der Waals surface area contributed by atoms with Crippen molar-refractivity contribution in [3.8, 4) is 0 Å². The molecule has 0 N–H and O–H groups in total. The summed E-state index contributed by atoms with van der Waals surface area (Å²) in [5.74, 6) is 0. The van der Waals surface area contributed by atoms with E-state index in [1.807, 2.05) is 60.7 Å². The first-order chi connectivity index (χ1) is 14.4. The molecule has 3 atom stereocenters. The first-order valence-corrected chi connectivity index (χ1v) is 11.4. The zero-order valence-electron chi connectivity index (χ0n) is 17.1. The van der Waals surface area contributed by atoms with Crippen LogP contribution >= 0.6 is 0 Å². The van der Waals surface area contributed by atoms with Crippen molar-refractivity contribution in [3.63, 3.8) is 0 Å². The summed E-state index contributed by atoms with van der Waals surface area (Å²) in [7, 11) is -3.69. The molecule has 9 heteroatoms. The Morgan fingerprint density at radius 2 is 1.50 bits per heavy atom. The lowest BCUT2D eigenvalue weighted by Gasteiger charge is -2.31. The van der Waals surface area contributed by atoms with Crippen LogP contribution in [0.15, 0.2) is 65.8 Å². The molecule has 0 unspecified atom stereocenters. The third-order valence-corrected chi connectivity index (χ3v) is 4.98. The predicted molar refractivity (Wildman–Crippen MR) is 114 cm³/mol. The van der Waals surface area contributed by atoms with Crippen LogP contribution in [0.4, 0.5) is 0 Å². The number of ether oxygens (including phenoxy) is 2. The van der Waals surface area contributed by atoms with Crippen molar-refractivity contribution in [3.05, 3.63) is 82.2 Å². The molecule has 0 aliphatic carbocycles. The summed E-state index contributed by atoms with van der Waals surface area (Å²) in [4.78, 5) is 2.78. The molecule has 2 aromatic carbocycles. The third-order valence-electron chi connectivity index (χ3n) is 4.32. The second-order valence-electron chi connectivity index (χ2n) is 6.84. The molecule has 0 radical (unpaired) electrons. The Bertz CT molecular complexity index is 903. The van der Waals surface area contributed by atoms with E-state index in [0.717, 1.165) is 17.4 Å². The van der Waals surface area contributed by atoms with Crippen molar-refractivity contribution in [1.29, 1.82) is 0 Å². The molecule has 0 aliphatic heterocycles. The summed E-state index contributed by atoms with van der Waals surface area (Å²) in [5, 5.41) is 3.59. The lowest BCUT2D eigenvalue weighted by atomic mass is 10.1. The average molecular weight is 434 g/mol. The summed E-state index contributed by atoms with van der Waals surface area (Å²) in [6, 6.07) is 19.1. The van der Waals surface area contributed by atoms with Crippen molar-refractivity contribution in [2.24, 2.45) is 5.11 Å². The number of hydrogen-bond donors (Lipinski definition) is 0. The normalized spacial score (nSPS) is 14.5. The lowest BCUT2D eigenvalue weighted by molar-refractivity contribution is -0.122. The molecule has 0 amide bonds. The quantitative estimate of drug-likeness (QED) is 0.203. The fourth-order valence-electron chi connectivity index (χ4n) is 2.99. The van der Waals surface area contributed by atoms with Gasteiger partial charge in [0.1, 0.15) is 12.2 Å². The molecule has 8 nitrogen and oxygen atoms in total. The van der Waals surface area contributed by atoms with Gasteiger partial charge in [0.25, 0.3) is 10.1 Å². The van der Waals surface area contributed by atoms with Crippen LogP contribution < -0.4 is 0 Å². The van der Waals surface area contributed by atoms with Crippen LogP contribution in [0.2, 0.25) is 0 Å². The predicted octanol–water partition coefficient (Wildman–Crippen LogP) is 4.22. The minimum atomic E-state index is -3.69. The van der Waals surface area contributed by atoms with Crippen molar-refractivity contribution in [1.82, 2.24) is 0 Å². The van der Waals surface area contributed by atoms with Crippen LogP contribution in [0.1, 0.15) is 24.5 Å². The molecule has 0 aliphatic rings. The SMILES string of the molecule is C[C@H](OS(C)(=O)=O)[C@@H](OCc1ccccc1)[C@@H](CCN=[N+]=[N-])OCc1ccccc1. The van der Waals surface area contributed by atoms with Gasteiger partial charge < -0.3 is 9.47 Å². The molecule has 0 saturated heterocycles. The Balaban J connectivity index is 2.19. The van der Waals surface area contributed by atoms with Crippen molar-refractivity contribution in [2.75, 3.05) is 12.8 Å². The first-order valence-electron chi connectivity index (χ1n) is 9.59. The summed E-state index contributed by atoms with van der Waals surface area (Å²) in [5.41, 5.74) is 10.5. The van der Waals surface area contributed by atoms with Crippen molar-refractivity contribution in [2.45, 2.75) is 44.9 Å². The van der Waals surface area contributed by atoms with Gasteiger partial charge in [-0.1, -0.05) is 65.8 Å². The topological polar surface area (TPSA) is 111 Å². The summed E-state index contributed by atoms with van der Waals surface area (Å²) in [6.45, 7) is 2.38. The zero-order chi connectivity index (χ0) is 21.8. The molecule has 2 rings (SSSR count). The molecule has 0 aromatic heterocycles. The molecule has 30 heavy (non-hydrogen) atoms. The van der Waals surface area contributed by atoms with Gasteiger partial charge in [-0.25, -0.2) is 0 Å². The summed E-state index contributed by atoms with van der Waals surface area (Å²) >= 11 is 0. The zero-order valence-corrected chi connectivity index (χ0v) is 17.9. The second-order valence-corrected chi connectivity index (χ2v) is 8.45. The van der Waals surface area contributed by atoms with Crippen LogP contribution in [0.25, 0.3) is 10.4 Å². The Morgan fingerprint density at radius 1 is 0.967 bits per heavy atom. The number of hydrogen-bond acceptors (Lipinski definition) is 6. The highest BCUT2D eigenvalue weighted by atomic mass is 32.2. The Morgan fingerprint density at radius 3 is 2.00 bits per heavy atom. The molecule has 2 aromatic rings.